The first-order valence-electron chi connectivity index (χ1n) is 5.95. The summed E-state index contributed by atoms with van der Waals surface area (Å²) in [6.45, 7) is 0.396. The van der Waals surface area contributed by atoms with Crippen molar-refractivity contribution in [3.05, 3.63) is 46.2 Å². The molecule has 0 bridgehead atoms. The number of aromatic nitrogens is 3. The van der Waals surface area contributed by atoms with Gasteiger partial charge in [0.05, 0.1) is 11.5 Å². The Hall–Kier alpha value is -2.97. The molecule has 0 spiro atoms. The average Bonchev–Trinajstić information content (AvgIpc) is 2.83. The Labute approximate surface area is 119 Å². The van der Waals surface area contributed by atoms with Crippen molar-refractivity contribution in [1.82, 2.24) is 14.5 Å². The minimum absolute atomic E-state index is 0.320. The summed E-state index contributed by atoms with van der Waals surface area (Å²) in [6, 6.07) is 1.18. The van der Waals surface area contributed by atoms with Crippen molar-refractivity contribution in [3.63, 3.8) is 0 Å². The van der Waals surface area contributed by atoms with Crippen LogP contribution in [0.3, 0.4) is 0 Å². The van der Waals surface area contributed by atoms with Gasteiger partial charge in [-0.05, 0) is 0 Å². The zero-order valence-electron chi connectivity index (χ0n) is 11.4. The van der Waals surface area contributed by atoms with Crippen molar-refractivity contribution in [2.45, 2.75) is 6.54 Å². The summed E-state index contributed by atoms with van der Waals surface area (Å²) in [7, 11) is 3.54. The van der Waals surface area contributed by atoms with Crippen molar-refractivity contribution in [3.8, 4) is 0 Å². The second-order valence-corrected chi connectivity index (χ2v) is 4.43. The van der Waals surface area contributed by atoms with Crippen LogP contribution in [-0.4, -0.2) is 37.6 Å². The molecule has 0 saturated carbocycles. The quantitative estimate of drug-likeness (QED) is 0.646. The fraction of sp³-hybridized carbons (Fsp3) is 0.250. The Morgan fingerprint density at radius 1 is 1.52 bits per heavy atom. The number of rotatable bonds is 5. The van der Waals surface area contributed by atoms with Gasteiger partial charge in [-0.3, -0.25) is 10.1 Å². The van der Waals surface area contributed by atoms with E-state index < -0.39 is 22.1 Å². The summed E-state index contributed by atoms with van der Waals surface area (Å²) in [4.78, 5) is 30.9. The lowest BCUT2D eigenvalue weighted by molar-refractivity contribution is -0.385. The van der Waals surface area contributed by atoms with Crippen LogP contribution in [0.4, 0.5) is 11.5 Å². The lowest BCUT2D eigenvalue weighted by Crippen LogP contribution is -2.20. The van der Waals surface area contributed by atoms with Crippen LogP contribution in [0.1, 0.15) is 16.2 Å². The molecule has 0 aliphatic rings. The van der Waals surface area contributed by atoms with E-state index in [2.05, 4.69) is 9.97 Å². The third-order valence-corrected chi connectivity index (χ3v) is 2.99. The van der Waals surface area contributed by atoms with Gasteiger partial charge in [0.25, 0.3) is 0 Å². The molecular weight excluding hydrogens is 278 g/mol. The van der Waals surface area contributed by atoms with Gasteiger partial charge < -0.3 is 14.6 Å². The van der Waals surface area contributed by atoms with Crippen molar-refractivity contribution >= 4 is 17.5 Å². The number of hydrogen-bond donors (Lipinski definition) is 1. The number of carboxylic acids is 1. The van der Waals surface area contributed by atoms with Crippen molar-refractivity contribution < 1.29 is 14.8 Å². The normalized spacial score (nSPS) is 10.4. The first-order valence-corrected chi connectivity index (χ1v) is 5.95. The number of carboxylic acid groups (broad SMARTS) is 1. The second-order valence-electron chi connectivity index (χ2n) is 4.43. The topological polar surface area (TPSA) is 114 Å². The summed E-state index contributed by atoms with van der Waals surface area (Å²) >= 11 is 0. The maximum absolute atomic E-state index is 11.1. The number of hydrogen-bond acceptors (Lipinski definition) is 6. The number of nitrogens with zero attached hydrogens (tertiary/aromatic N) is 5. The molecule has 0 radical (unpaired) electrons. The first kappa shape index (κ1) is 14.4. The molecule has 0 aromatic carbocycles. The molecule has 0 unspecified atom stereocenters. The van der Waals surface area contributed by atoms with Crippen LogP contribution in [-0.2, 0) is 13.6 Å². The average molecular weight is 291 g/mol. The Balaban J connectivity index is 2.32. The molecule has 110 valence electrons. The van der Waals surface area contributed by atoms with Crippen LogP contribution < -0.4 is 4.90 Å². The van der Waals surface area contributed by atoms with Crippen molar-refractivity contribution in [2.24, 2.45) is 7.05 Å². The van der Waals surface area contributed by atoms with Crippen LogP contribution in [0.5, 0.6) is 0 Å². The van der Waals surface area contributed by atoms with Crippen molar-refractivity contribution in [2.75, 3.05) is 11.9 Å². The monoisotopic (exact) mass is 291 g/mol. The number of anilines is 1. The maximum Gasteiger partial charge on any atom is 0.342 e. The molecule has 0 aliphatic carbocycles. The van der Waals surface area contributed by atoms with Gasteiger partial charge in [0.15, 0.2) is 0 Å². The Kier molecular flexibility index (Phi) is 3.83. The predicted octanol–water partition coefficient (Wildman–Crippen LogP) is 1.06. The van der Waals surface area contributed by atoms with Crippen LogP contribution in [0, 0.1) is 10.1 Å². The van der Waals surface area contributed by atoms with Gasteiger partial charge in [-0.2, -0.15) is 0 Å². The summed E-state index contributed by atoms with van der Waals surface area (Å²) in [6.07, 6.45) is 4.39. The van der Waals surface area contributed by atoms with E-state index in [9.17, 15) is 14.9 Å². The van der Waals surface area contributed by atoms with Gasteiger partial charge in [-0.25, -0.2) is 14.8 Å². The molecule has 0 aliphatic heterocycles. The van der Waals surface area contributed by atoms with E-state index in [0.717, 1.165) is 12.0 Å². The highest BCUT2D eigenvalue weighted by atomic mass is 16.6. The molecule has 0 saturated heterocycles. The van der Waals surface area contributed by atoms with E-state index >= 15 is 0 Å². The Morgan fingerprint density at radius 3 is 2.76 bits per heavy atom. The van der Waals surface area contributed by atoms with Crippen LogP contribution in [0.15, 0.2) is 24.7 Å². The summed E-state index contributed by atoms with van der Waals surface area (Å²) in [5.41, 5.74) is -0.923. The highest BCUT2D eigenvalue weighted by molar-refractivity contribution is 5.93. The Morgan fingerprint density at radius 2 is 2.24 bits per heavy atom. The SMILES string of the molecule is CN(Cc1nccn1C)c1cc(C(=O)O)c([N+](=O)[O-])cn1. The molecule has 9 heteroatoms. The number of carbonyl (C=O) groups is 1. The Bertz CT molecular complexity index is 697. The van der Waals surface area contributed by atoms with Gasteiger partial charge in [0.2, 0.25) is 0 Å². The predicted molar refractivity (Wildman–Crippen MR) is 73.2 cm³/mol. The van der Waals surface area contributed by atoms with E-state index in [0.29, 0.717) is 12.4 Å². The fourth-order valence-corrected chi connectivity index (χ4v) is 1.80. The third-order valence-electron chi connectivity index (χ3n) is 2.99. The smallest absolute Gasteiger partial charge is 0.342 e. The number of aromatic carboxylic acids is 1. The van der Waals surface area contributed by atoms with Crippen LogP contribution in [0.2, 0.25) is 0 Å². The molecule has 2 rings (SSSR count). The van der Waals surface area contributed by atoms with E-state index in [1.165, 1.54) is 6.07 Å². The molecular formula is C12H13N5O4. The molecule has 2 heterocycles. The molecule has 9 nitrogen and oxygen atoms in total. The van der Waals surface area contributed by atoms with Gasteiger partial charge >= 0.3 is 11.7 Å². The van der Waals surface area contributed by atoms with Gasteiger partial charge in [0.1, 0.15) is 23.4 Å². The maximum atomic E-state index is 11.1. The van der Waals surface area contributed by atoms with E-state index in [1.807, 2.05) is 11.6 Å². The molecule has 1 N–H and O–H groups in total. The van der Waals surface area contributed by atoms with Gasteiger partial charge in [-0.15, -0.1) is 0 Å². The van der Waals surface area contributed by atoms with Gasteiger partial charge in [0, 0.05) is 32.6 Å². The van der Waals surface area contributed by atoms with E-state index in [1.54, 1.807) is 24.3 Å². The number of aryl methyl sites for hydroxylation is 1. The molecule has 21 heavy (non-hydrogen) atoms. The number of nitro groups is 1. The summed E-state index contributed by atoms with van der Waals surface area (Å²) < 4.78 is 1.82. The zero-order valence-corrected chi connectivity index (χ0v) is 11.4. The summed E-state index contributed by atoms with van der Waals surface area (Å²) in [5.74, 6) is -0.286. The molecule has 0 atom stereocenters. The minimum Gasteiger partial charge on any atom is -0.477 e. The molecule has 0 amide bonds. The molecule has 0 fully saturated rings. The lowest BCUT2D eigenvalue weighted by Gasteiger charge is -2.18. The standard InChI is InChI=1S/C12H13N5O4/c1-15-4-3-13-11(15)7-16(2)10-5-8(12(18)19)9(6-14-10)17(20)21/h3-6H,7H2,1-2H3,(H,18,19). The molecule has 2 aromatic rings. The second kappa shape index (κ2) is 5.57. The minimum atomic E-state index is -1.37. The fourth-order valence-electron chi connectivity index (χ4n) is 1.80. The highest BCUT2D eigenvalue weighted by Gasteiger charge is 2.22. The number of imidazole rings is 1. The van der Waals surface area contributed by atoms with Crippen molar-refractivity contribution in [1.29, 1.82) is 0 Å². The lowest BCUT2D eigenvalue weighted by atomic mass is 10.2. The highest BCUT2D eigenvalue weighted by Crippen LogP contribution is 2.22. The van der Waals surface area contributed by atoms with Crippen LogP contribution >= 0.6 is 0 Å². The van der Waals surface area contributed by atoms with Crippen LogP contribution in [0.25, 0.3) is 0 Å². The first-order chi connectivity index (χ1) is 9.90. The zero-order chi connectivity index (χ0) is 15.6. The largest absolute Gasteiger partial charge is 0.477 e. The van der Waals surface area contributed by atoms with E-state index in [4.69, 9.17) is 5.11 Å². The summed E-state index contributed by atoms with van der Waals surface area (Å²) in [5, 5.41) is 19.8. The number of pyridine rings is 1. The molecule has 2 aromatic heterocycles. The third kappa shape index (κ3) is 2.96. The van der Waals surface area contributed by atoms with Gasteiger partial charge in [-0.1, -0.05) is 0 Å². The van der Waals surface area contributed by atoms with E-state index in [-0.39, 0.29) is 0 Å².